The van der Waals surface area contributed by atoms with Gasteiger partial charge >= 0.3 is 6.18 Å². The molecule has 1 aromatic carbocycles. The van der Waals surface area contributed by atoms with Gasteiger partial charge in [-0.15, -0.1) is 11.6 Å². The van der Waals surface area contributed by atoms with E-state index in [-0.39, 0.29) is 6.04 Å². The quantitative estimate of drug-likeness (QED) is 0.697. The fraction of sp³-hybridized carbons (Fsp3) is 0.500. The Morgan fingerprint density at radius 1 is 1.33 bits per heavy atom. The van der Waals surface area contributed by atoms with E-state index < -0.39 is 12.7 Å². The van der Waals surface area contributed by atoms with Crippen LogP contribution >= 0.6 is 27.5 Å². The fourth-order valence-electron chi connectivity index (χ4n) is 1.61. The number of halogens is 5. The van der Waals surface area contributed by atoms with Crippen molar-refractivity contribution in [3.05, 3.63) is 28.2 Å². The van der Waals surface area contributed by atoms with Crippen molar-refractivity contribution in [2.24, 2.45) is 0 Å². The zero-order chi connectivity index (χ0) is 13.9. The minimum absolute atomic E-state index is 0.246. The maximum absolute atomic E-state index is 12.6. The third kappa shape index (κ3) is 4.35. The van der Waals surface area contributed by atoms with Crippen molar-refractivity contribution in [2.45, 2.75) is 31.9 Å². The molecule has 6 heteroatoms. The van der Waals surface area contributed by atoms with E-state index in [0.717, 1.165) is 5.56 Å². The molecule has 0 aliphatic carbocycles. The summed E-state index contributed by atoms with van der Waals surface area (Å²) in [6.45, 7) is 2.49. The molecule has 1 aromatic rings. The Morgan fingerprint density at radius 2 is 1.94 bits per heavy atom. The normalized spacial score (nSPS) is 12.0. The summed E-state index contributed by atoms with van der Waals surface area (Å²) in [5.74, 6) is 0.333. The van der Waals surface area contributed by atoms with Gasteiger partial charge in [-0.25, -0.2) is 0 Å². The molecule has 0 N–H and O–H groups in total. The highest BCUT2D eigenvalue weighted by Gasteiger charge is 2.32. The molecule has 0 unspecified atom stereocenters. The number of rotatable bonds is 4. The molecular formula is C12H14BrClF3N. The number of nitrogens with zero attached hydrogens (tertiary/aromatic N) is 1. The molecule has 0 aliphatic heterocycles. The first kappa shape index (κ1) is 15.6. The van der Waals surface area contributed by atoms with Crippen LogP contribution in [0.25, 0.3) is 0 Å². The van der Waals surface area contributed by atoms with Crippen molar-refractivity contribution in [3.63, 3.8) is 0 Å². The Hall–Kier alpha value is -0.420. The van der Waals surface area contributed by atoms with Gasteiger partial charge in [0, 0.05) is 16.4 Å². The Bertz CT molecular complexity index is 407. The standard InChI is InChI=1S/C12H14BrClF3N/c1-8(2)18(7-12(15,16)17)11-4-3-9(6-14)5-10(11)13/h3-5,8H,6-7H2,1-2H3. The largest absolute Gasteiger partial charge is 0.405 e. The Labute approximate surface area is 118 Å². The molecule has 0 saturated carbocycles. The number of alkyl halides is 4. The molecule has 0 aromatic heterocycles. The average Bonchev–Trinajstić information content (AvgIpc) is 2.24. The van der Waals surface area contributed by atoms with Gasteiger partial charge in [0.15, 0.2) is 0 Å². The maximum Gasteiger partial charge on any atom is 0.405 e. The first-order chi connectivity index (χ1) is 8.24. The molecule has 0 atom stereocenters. The van der Waals surface area contributed by atoms with Gasteiger partial charge in [-0.2, -0.15) is 13.2 Å². The van der Waals surface area contributed by atoms with Crippen LogP contribution in [0.3, 0.4) is 0 Å². The van der Waals surface area contributed by atoms with E-state index >= 15 is 0 Å². The van der Waals surface area contributed by atoms with Crippen molar-refractivity contribution in [2.75, 3.05) is 11.4 Å². The van der Waals surface area contributed by atoms with E-state index in [0.29, 0.717) is 16.0 Å². The van der Waals surface area contributed by atoms with Crippen LogP contribution in [-0.2, 0) is 5.88 Å². The van der Waals surface area contributed by atoms with E-state index in [1.807, 2.05) is 0 Å². The van der Waals surface area contributed by atoms with Crippen LogP contribution in [0.5, 0.6) is 0 Å². The van der Waals surface area contributed by atoms with Crippen molar-refractivity contribution in [1.82, 2.24) is 0 Å². The molecule has 18 heavy (non-hydrogen) atoms. The second-order valence-corrected chi connectivity index (χ2v) is 5.38. The van der Waals surface area contributed by atoms with Crippen molar-refractivity contribution < 1.29 is 13.2 Å². The van der Waals surface area contributed by atoms with E-state index in [1.165, 1.54) is 4.90 Å². The molecule has 0 bridgehead atoms. The van der Waals surface area contributed by atoms with E-state index in [2.05, 4.69) is 15.9 Å². The van der Waals surface area contributed by atoms with Crippen LogP contribution in [-0.4, -0.2) is 18.8 Å². The number of anilines is 1. The van der Waals surface area contributed by atoms with Gasteiger partial charge in [0.05, 0.1) is 5.69 Å². The van der Waals surface area contributed by atoms with Gasteiger partial charge in [-0.1, -0.05) is 6.07 Å². The lowest BCUT2D eigenvalue weighted by molar-refractivity contribution is -0.120. The summed E-state index contributed by atoms with van der Waals surface area (Å²) >= 11 is 8.98. The van der Waals surface area contributed by atoms with Gasteiger partial charge in [0.2, 0.25) is 0 Å². The lowest BCUT2D eigenvalue weighted by atomic mass is 10.2. The summed E-state index contributed by atoms with van der Waals surface area (Å²) in [6.07, 6.45) is -4.23. The minimum atomic E-state index is -4.23. The molecule has 0 aliphatic rings. The summed E-state index contributed by atoms with van der Waals surface area (Å²) in [4.78, 5) is 1.31. The van der Waals surface area contributed by atoms with Gasteiger partial charge < -0.3 is 4.90 Å². The highest BCUT2D eigenvalue weighted by Crippen LogP contribution is 2.31. The van der Waals surface area contributed by atoms with E-state index in [9.17, 15) is 13.2 Å². The second-order valence-electron chi connectivity index (χ2n) is 4.26. The zero-order valence-corrected chi connectivity index (χ0v) is 12.4. The van der Waals surface area contributed by atoms with Gasteiger partial charge in [-0.3, -0.25) is 0 Å². The fourth-order valence-corrected chi connectivity index (χ4v) is 2.43. The SMILES string of the molecule is CC(C)N(CC(F)(F)F)c1ccc(CCl)cc1Br. The van der Waals surface area contributed by atoms with Crippen molar-refractivity contribution >= 4 is 33.2 Å². The molecule has 0 amide bonds. The zero-order valence-electron chi connectivity index (χ0n) is 10.1. The summed E-state index contributed by atoms with van der Waals surface area (Å²) < 4.78 is 38.3. The van der Waals surface area contributed by atoms with Crippen LogP contribution < -0.4 is 4.90 Å². The lowest BCUT2D eigenvalue weighted by Gasteiger charge is -2.30. The number of hydrogen-bond acceptors (Lipinski definition) is 1. The highest BCUT2D eigenvalue weighted by atomic mass is 79.9. The predicted molar refractivity (Wildman–Crippen MR) is 72.2 cm³/mol. The monoisotopic (exact) mass is 343 g/mol. The molecule has 1 rings (SSSR count). The Kier molecular flexibility index (Phi) is 5.34. The van der Waals surface area contributed by atoms with Crippen molar-refractivity contribution in [3.8, 4) is 0 Å². The molecule has 0 fully saturated rings. The first-order valence-corrected chi connectivity index (χ1v) is 6.75. The third-order valence-electron chi connectivity index (χ3n) is 2.45. The topological polar surface area (TPSA) is 3.24 Å². The van der Waals surface area contributed by atoms with Crippen LogP contribution in [0, 0.1) is 0 Å². The molecule has 0 radical (unpaired) electrons. The molecule has 0 heterocycles. The maximum atomic E-state index is 12.6. The Morgan fingerprint density at radius 3 is 2.33 bits per heavy atom. The van der Waals surface area contributed by atoms with Gasteiger partial charge in [-0.05, 0) is 47.5 Å². The van der Waals surface area contributed by atoms with E-state index in [1.54, 1.807) is 32.0 Å². The van der Waals surface area contributed by atoms with Crippen LogP contribution in [0.15, 0.2) is 22.7 Å². The predicted octanol–water partition coefficient (Wildman–Crippen LogP) is 4.97. The Balaban J connectivity index is 3.06. The smallest absolute Gasteiger partial charge is 0.359 e. The second kappa shape index (κ2) is 6.15. The first-order valence-electron chi connectivity index (χ1n) is 5.42. The minimum Gasteiger partial charge on any atom is -0.359 e. The summed E-state index contributed by atoms with van der Waals surface area (Å²) in [5, 5.41) is 0. The lowest BCUT2D eigenvalue weighted by Crippen LogP contribution is -2.39. The van der Waals surface area contributed by atoms with E-state index in [4.69, 9.17) is 11.6 Å². The highest BCUT2D eigenvalue weighted by molar-refractivity contribution is 9.10. The van der Waals surface area contributed by atoms with Crippen LogP contribution in [0.4, 0.5) is 18.9 Å². The summed E-state index contributed by atoms with van der Waals surface area (Å²) in [7, 11) is 0. The summed E-state index contributed by atoms with van der Waals surface area (Å²) in [5.41, 5.74) is 1.39. The van der Waals surface area contributed by atoms with Crippen LogP contribution in [0.1, 0.15) is 19.4 Å². The number of benzene rings is 1. The molecule has 102 valence electrons. The van der Waals surface area contributed by atoms with Crippen LogP contribution in [0.2, 0.25) is 0 Å². The molecular weight excluding hydrogens is 330 g/mol. The van der Waals surface area contributed by atoms with Gasteiger partial charge in [0.25, 0.3) is 0 Å². The molecule has 1 nitrogen and oxygen atoms in total. The third-order valence-corrected chi connectivity index (χ3v) is 3.39. The molecule has 0 spiro atoms. The average molecular weight is 345 g/mol. The van der Waals surface area contributed by atoms with Crippen molar-refractivity contribution in [1.29, 1.82) is 0 Å². The summed E-state index contributed by atoms with van der Waals surface area (Å²) in [6, 6.07) is 4.89. The van der Waals surface area contributed by atoms with Gasteiger partial charge in [0.1, 0.15) is 6.54 Å². The molecule has 0 saturated heterocycles. The number of hydrogen-bond donors (Lipinski definition) is 0.